The molecule has 1 aromatic heterocycles. The van der Waals surface area contributed by atoms with Crippen LogP contribution in [-0.2, 0) is 6.54 Å². The largest absolute Gasteiger partial charge is 0.321 e. The van der Waals surface area contributed by atoms with Crippen LogP contribution in [0.25, 0.3) is 11.0 Å². The molecule has 0 bridgehead atoms. The number of hydrogen-bond acceptors (Lipinski definition) is 2. The van der Waals surface area contributed by atoms with E-state index in [9.17, 15) is 22.4 Å². The number of benzene rings is 2. The maximum atomic E-state index is 13.6. The number of halogens is 7. The van der Waals surface area contributed by atoms with Crippen molar-refractivity contribution >= 4 is 60.3 Å². The Hall–Kier alpha value is -1.65. The van der Waals surface area contributed by atoms with Crippen LogP contribution in [0.2, 0.25) is 5.02 Å². The van der Waals surface area contributed by atoms with Crippen molar-refractivity contribution in [3.05, 3.63) is 60.8 Å². The minimum Gasteiger partial charge on any atom is -0.308 e. The minimum atomic E-state index is -3.10. The summed E-state index contributed by atoms with van der Waals surface area (Å²) in [6.45, 7) is -4.28. The molecule has 3 rings (SSSR count). The third-order valence-corrected chi connectivity index (χ3v) is 5.82. The average molecular weight is 544 g/mol. The molecule has 0 radical (unpaired) electrons. The fourth-order valence-corrected chi connectivity index (χ4v) is 4.75. The first-order valence-electron chi connectivity index (χ1n) is 7.70. The molecule has 0 amide bonds. The van der Waals surface area contributed by atoms with Crippen molar-refractivity contribution < 1.29 is 22.4 Å². The highest BCUT2D eigenvalue weighted by Gasteiger charge is 2.27. The number of aryl methyl sites for hydroxylation is 1. The highest BCUT2D eigenvalue weighted by Crippen LogP contribution is 2.37. The second-order valence-electron chi connectivity index (χ2n) is 5.68. The Labute approximate surface area is 177 Å². The number of aromatic nitrogens is 2. The van der Waals surface area contributed by atoms with E-state index in [0.717, 1.165) is 16.7 Å². The summed E-state index contributed by atoms with van der Waals surface area (Å²) < 4.78 is 55.3. The predicted molar refractivity (Wildman–Crippen MR) is 103 cm³/mol. The highest BCUT2D eigenvalue weighted by atomic mass is 79.9. The fraction of sp³-hybridized carbons (Fsp3) is 0.176. The Morgan fingerprint density at radius 1 is 1.25 bits per heavy atom. The summed E-state index contributed by atoms with van der Waals surface area (Å²) in [4.78, 5) is 13.0. The van der Waals surface area contributed by atoms with E-state index in [1.165, 1.54) is 12.1 Å². The van der Waals surface area contributed by atoms with Crippen molar-refractivity contribution in [2.75, 3.05) is 6.67 Å². The number of fused-ring (bicyclic) bond motifs is 1. The molecule has 1 heterocycles. The number of imidazole rings is 1. The molecule has 0 spiro atoms. The summed E-state index contributed by atoms with van der Waals surface area (Å²) in [6, 6.07) is 4.58. The van der Waals surface area contributed by atoms with Crippen LogP contribution in [-0.4, -0.2) is 21.6 Å². The van der Waals surface area contributed by atoms with Crippen molar-refractivity contribution in [1.82, 2.24) is 9.13 Å². The lowest BCUT2D eigenvalue weighted by Gasteiger charge is -2.12. The number of alkyl halides is 3. The Bertz CT molecular complexity index is 1160. The van der Waals surface area contributed by atoms with Gasteiger partial charge in [0.1, 0.15) is 12.5 Å². The average Bonchev–Trinajstić information content (AvgIpc) is 2.90. The van der Waals surface area contributed by atoms with E-state index in [1.54, 1.807) is 0 Å². The van der Waals surface area contributed by atoms with Crippen molar-refractivity contribution in [2.24, 2.45) is 0 Å². The van der Waals surface area contributed by atoms with E-state index in [0.29, 0.717) is 4.57 Å². The molecule has 0 aliphatic heterocycles. The van der Waals surface area contributed by atoms with Gasteiger partial charge in [0.2, 0.25) is 5.62 Å². The summed E-state index contributed by atoms with van der Waals surface area (Å²) in [5.41, 5.74) is -0.883. The molecule has 2 aromatic carbocycles. The maximum Gasteiger partial charge on any atom is 0.321 e. The van der Waals surface area contributed by atoms with Crippen LogP contribution in [0.1, 0.15) is 22.5 Å². The highest BCUT2D eigenvalue weighted by molar-refractivity contribution is 9.11. The van der Waals surface area contributed by atoms with Gasteiger partial charge in [0, 0.05) is 10.0 Å². The second kappa shape index (κ2) is 8.00. The molecule has 3 aromatic rings. The molecule has 4 nitrogen and oxygen atoms in total. The smallest absolute Gasteiger partial charge is 0.308 e. The monoisotopic (exact) mass is 541 g/mol. The standard InChI is InChI=1S/C17H10Br2ClF4N3O/c18-9-6-11-14(27(16(23)24)17(25)26(11)4-3-21)13(19)12(9)15(28)8-5-7(22)1-2-10(8)20/h1-2,5-6,16,25H,3-4H2. The van der Waals surface area contributed by atoms with Crippen LogP contribution in [0.5, 0.6) is 0 Å². The number of rotatable bonds is 5. The molecule has 0 fully saturated rings. The van der Waals surface area contributed by atoms with Gasteiger partial charge in [0.25, 0.3) is 0 Å². The first kappa shape index (κ1) is 21.1. The minimum absolute atomic E-state index is 0.0109. The number of carbonyl (C=O) groups is 1. The normalized spacial score (nSPS) is 11.6. The zero-order valence-corrected chi connectivity index (χ0v) is 17.7. The number of ketones is 1. The summed E-state index contributed by atoms with van der Waals surface area (Å²) in [6.07, 6.45) is 0. The van der Waals surface area contributed by atoms with Crippen LogP contribution in [0, 0.1) is 11.2 Å². The van der Waals surface area contributed by atoms with E-state index in [2.05, 4.69) is 31.9 Å². The lowest BCUT2D eigenvalue weighted by atomic mass is 10.0. The van der Waals surface area contributed by atoms with Crippen molar-refractivity contribution in [2.45, 2.75) is 13.1 Å². The van der Waals surface area contributed by atoms with Crippen molar-refractivity contribution in [3.8, 4) is 0 Å². The van der Waals surface area contributed by atoms with Gasteiger partial charge < -0.3 is 4.57 Å². The Kier molecular flexibility index (Phi) is 6.02. The number of nitrogens with one attached hydrogen (secondary N) is 1. The van der Waals surface area contributed by atoms with E-state index in [-0.39, 0.29) is 42.7 Å². The van der Waals surface area contributed by atoms with Gasteiger partial charge in [-0.25, -0.2) is 8.78 Å². The predicted octanol–water partition coefficient (Wildman–Crippen LogP) is 5.84. The van der Waals surface area contributed by atoms with Gasteiger partial charge in [0.15, 0.2) is 5.78 Å². The molecule has 0 aliphatic rings. The van der Waals surface area contributed by atoms with Crippen LogP contribution in [0.4, 0.5) is 17.6 Å². The Balaban J connectivity index is 2.37. The van der Waals surface area contributed by atoms with E-state index in [1.807, 2.05) is 0 Å². The second-order valence-corrected chi connectivity index (χ2v) is 7.73. The topological polar surface area (TPSA) is 50.8 Å². The lowest BCUT2D eigenvalue weighted by molar-refractivity contribution is 0.0684. The summed E-state index contributed by atoms with van der Waals surface area (Å²) in [7, 11) is 0. The summed E-state index contributed by atoms with van der Waals surface area (Å²) >= 11 is 12.4. The van der Waals surface area contributed by atoms with Gasteiger partial charge >= 0.3 is 6.55 Å². The van der Waals surface area contributed by atoms with Gasteiger partial charge in [-0.05, 0) is 56.1 Å². The first-order chi connectivity index (χ1) is 13.2. The van der Waals surface area contributed by atoms with E-state index >= 15 is 0 Å². The number of carbonyl (C=O) groups excluding carboxylic acids is 1. The molecule has 148 valence electrons. The zero-order chi connectivity index (χ0) is 20.7. The molecule has 0 aliphatic carbocycles. The summed E-state index contributed by atoms with van der Waals surface area (Å²) in [5.74, 6) is -1.40. The SMILES string of the molecule is N=c1n(CCF)c2cc(Br)c(C(=O)c3cc(F)ccc3Cl)c(Br)c2n1C(F)F. The van der Waals surface area contributed by atoms with Gasteiger partial charge in [-0.1, -0.05) is 11.6 Å². The fourth-order valence-electron chi connectivity index (χ4n) is 2.90. The molecular weight excluding hydrogens is 533 g/mol. The van der Waals surface area contributed by atoms with Gasteiger partial charge in [-0.15, -0.1) is 0 Å². The molecule has 0 atom stereocenters. The maximum absolute atomic E-state index is 13.6. The van der Waals surface area contributed by atoms with E-state index in [4.69, 9.17) is 17.0 Å². The summed E-state index contributed by atoms with van der Waals surface area (Å²) in [5, 5.41) is 7.96. The molecule has 11 heteroatoms. The molecule has 0 unspecified atom stereocenters. The zero-order valence-electron chi connectivity index (χ0n) is 13.7. The molecule has 0 saturated heterocycles. The molecular formula is C17H10Br2ClF4N3O. The van der Waals surface area contributed by atoms with Crippen LogP contribution in [0.3, 0.4) is 0 Å². The van der Waals surface area contributed by atoms with Crippen molar-refractivity contribution in [3.63, 3.8) is 0 Å². The molecule has 28 heavy (non-hydrogen) atoms. The number of nitrogens with zero attached hydrogens (tertiary/aromatic N) is 2. The van der Waals surface area contributed by atoms with Crippen LogP contribution >= 0.6 is 43.5 Å². The van der Waals surface area contributed by atoms with Crippen molar-refractivity contribution in [1.29, 1.82) is 5.41 Å². The molecule has 0 saturated carbocycles. The van der Waals surface area contributed by atoms with Gasteiger partial charge in [-0.2, -0.15) is 8.78 Å². The third kappa shape index (κ3) is 3.42. The molecule has 1 N–H and O–H groups in total. The number of hydrogen-bond donors (Lipinski definition) is 1. The lowest BCUT2D eigenvalue weighted by Crippen LogP contribution is -2.25. The van der Waals surface area contributed by atoms with Crippen LogP contribution < -0.4 is 5.62 Å². The third-order valence-electron chi connectivity index (χ3n) is 4.09. The quantitative estimate of drug-likeness (QED) is 0.319. The Morgan fingerprint density at radius 3 is 2.54 bits per heavy atom. The van der Waals surface area contributed by atoms with Crippen LogP contribution in [0.15, 0.2) is 33.2 Å². The van der Waals surface area contributed by atoms with Gasteiger partial charge in [-0.3, -0.25) is 14.8 Å². The van der Waals surface area contributed by atoms with E-state index < -0.39 is 30.4 Å². The Morgan fingerprint density at radius 2 is 1.93 bits per heavy atom. The van der Waals surface area contributed by atoms with Gasteiger partial charge in [0.05, 0.1) is 32.6 Å². The first-order valence-corrected chi connectivity index (χ1v) is 9.66.